The van der Waals surface area contributed by atoms with E-state index in [0.717, 1.165) is 12.2 Å². The number of carbonyl (C=O) groups is 1. The predicted molar refractivity (Wildman–Crippen MR) is 54.3 cm³/mol. The molecule has 0 aliphatic carbocycles. The molecule has 0 bridgehead atoms. The van der Waals surface area contributed by atoms with E-state index in [9.17, 15) is 4.79 Å². The topological polar surface area (TPSA) is 55.1 Å². The van der Waals surface area contributed by atoms with Gasteiger partial charge in [-0.25, -0.2) is 0 Å². The molecule has 4 heteroatoms. The van der Waals surface area contributed by atoms with Crippen LogP contribution in [0.4, 0.5) is 0 Å². The molecule has 0 atom stereocenters. The zero-order valence-corrected chi connectivity index (χ0v) is 8.62. The fourth-order valence-electron chi connectivity index (χ4n) is 0.714. The molecule has 0 rings (SSSR count). The summed E-state index contributed by atoms with van der Waals surface area (Å²) in [4.78, 5) is 11.1. The number of nitrogens with two attached hydrogens (primary N) is 1. The molecule has 72 valence electrons. The van der Waals surface area contributed by atoms with Crippen LogP contribution in [0.1, 0.15) is 20.3 Å². The Morgan fingerprint density at radius 1 is 1.58 bits per heavy atom. The molecule has 0 heterocycles. The Bertz CT molecular complexity index is 128. The van der Waals surface area contributed by atoms with Crippen molar-refractivity contribution in [2.24, 2.45) is 5.73 Å². The van der Waals surface area contributed by atoms with E-state index in [4.69, 9.17) is 5.73 Å². The zero-order valence-electron chi connectivity index (χ0n) is 7.80. The van der Waals surface area contributed by atoms with Crippen LogP contribution in [0.5, 0.6) is 0 Å². The van der Waals surface area contributed by atoms with Gasteiger partial charge in [-0.15, -0.1) is 0 Å². The quantitative estimate of drug-likeness (QED) is 0.603. The van der Waals surface area contributed by atoms with Crippen molar-refractivity contribution < 1.29 is 4.79 Å². The minimum atomic E-state index is 0.118. The molecule has 0 aliphatic heterocycles. The number of amides is 1. The highest BCUT2D eigenvalue weighted by Crippen LogP contribution is 2.00. The van der Waals surface area contributed by atoms with Crippen molar-refractivity contribution in [2.45, 2.75) is 26.3 Å². The molecule has 0 radical (unpaired) electrons. The lowest BCUT2D eigenvalue weighted by Gasteiger charge is -2.07. The van der Waals surface area contributed by atoms with Gasteiger partial charge >= 0.3 is 0 Å². The Morgan fingerprint density at radius 3 is 2.75 bits per heavy atom. The second kappa shape index (κ2) is 7.43. The number of hydrogen-bond acceptors (Lipinski definition) is 3. The molecule has 0 spiro atoms. The van der Waals surface area contributed by atoms with E-state index >= 15 is 0 Å². The fourth-order valence-corrected chi connectivity index (χ4v) is 1.50. The van der Waals surface area contributed by atoms with Crippen LogP contribution in [0, 0.1) is 0 Å². The molecule has 3 N–H and O–H groups in total. The number of rotatable bonds is 6. The van der Waals surface area contributed by atoms with Crippen LogP contribution in [0.25, 0.3) is 0 Å². The molecule has 0 fully saturated rings. The lowest BCUT2D eigenvalue weighted by molar-refractivity contribution is -0.119. The maximum Gasteiger partial charge on any atom is 0.230 e. The van der Waals surface area contributed by atoms with E-state index in [1.807, 2.05) is 13.8 Å². The second-order valence-electron chi connectivity index (χ2n) is 2.92. The monoisotopic (exact) mass is 190 g/mol. The van der Waals surface area contributed by atoms with Crippen molar-refractivity contribution in [3.05, 3.63) is 0 Å². The Labute approximate surface area is 78.5 Å². The molecule has 0 aliphatic rings. The first kappa shape index (κ1) is 11.8. The Balaban J connectivity index is 3.20. The summed E-state index contributed by atoms with van der Waals surface area (Å²) in [5.74, 6) is 1.65. The van der Waals surface area contributed by atoms with Crippen LogP contribution < -0.4 is 11.1 Å². The van der Waals surface area contributed by atoms with Gasteiger partial charge in [-0.05, 0) is 32.6 Å². The van der Waals surface area contributed by atoms with Crippen molar-refractivity contribution >= 4 is 17.7 Å². The molecule has 0 aromatic heterocycles. The number of carbonyl (C=O) groups excluding carboxylic acids is 1. The zero-order chi connectivity index (χ0) is 9.40. The molecule has 3 nitrogen and oxygen atoms in total. The van der Waals surface area contributed by atoms with Crippen molar-refractivity contribution in [3.8, 4) is 0 Å². The van der Waals surface area contributed by atoms with Gasteiger partial charge < -0.3 is 11.1 Å². The summed E-state index contributed by atoms with van der Waals surface area (Å²) in [6.07, 6.45) is 0.986. The summed E-state index contributed by atoms with van der Waals surface area (Å²) in [6.45, 7) is 4.63. The summed E-state index contributed by atoms with van der Waals surface area (Å²) < 4.78 is 0. The Hall–Kier alpha value is -0.220. The lowest BCUT2D eigenvalue weighted by atomic mass is 10.4. The minimum absolute atomic E-state index is 0.118. The van der Waals surface area contributed by atoms with E-state index in [-0.39, 0.29) is 11.9 Å². The molecule has 0 aromatic rings. The number of hydrogen-bond donors (Lipinski definition) is 2. The van der Waals surface area contributed by atoms with E-state index < -0.39 is 0 Å². The summed E-state index contributed by atoms with van der Waals surface area (Å²) >= 11 is 1.64. The highest BCUT2D eigenvalue weighted by atomic mass is 32.2. The third kappa shape index (κ3) is 7.88. The van der Waals surface area contributed by atoms with Gasteiger partial charge in [-0.3, -0.25) is 4.79 Å². The first-order chi connectivity index (χ1) is 5.66. The van der Waals surface area contributed by atoms with Gasteiger partial charge in [0, 0.05) is 6.04 Å². The van der Waals surface area contributed by atoms with Crippen molar-refractivity contribution in [1.29, 1.82) is 0 Å². The summed E-state index contributed by atoms with van der Waals surface area (Å²) in [5, 5.41) is 2.83. The summed E-state index contributed by atoms with van der Waals surface area (Å²) in [5.41, 5.74) is 5.31. The van der Waals surface area contributed by atoms with Crippen LogP contribution in [0.3, 0.4) is 0 Å². The van der Waals surface area contributed by atoms with Gasteiger partial charge in [0.2, 0.25) is 5.91 Å². The average molecular weight is 190 g/mol. The van der Waals surface area contributed by atoms with Gasteiger partial charge in [0.25, 0.3) is 0 Å². The van der Waals surface area contributed by atoms with Crippen LogP contribution in [-0.4, -0.2) is 30.0 Å². The molecule has 0 unspecified atom stereocenters. The molecule has 0 aromatic carbocycles. The Morgan fingerprint density at radius 2 is 2.25 bits per heavy atom. The van der Waals surface area contributed by atoms with Crippen LogP contribution >= 0.6 is 11.8 Å². The molecule has 12 heavy (non-hydrogen) atoms. The van der Waals surface area contributed by atoms with Crippen LogP contribution in [-0.2, 0) is 4.79 Å². The van der Waals surface area contributed by atoms with Gasteiger partial charge in [-0.2, -0.15) is 11.8 Å². The Kier molecular flexibility index (Phi) is 7.29. The first-order valence-corrected chi connectivity index (χ1v) is 5.39. The summed E-state index contributed by atoms with van der Waals surface area (Å²) in [7, 11) is 0. The number of nitrogens with one attached hydrogen (secondary N) is 1. The predicted octanol–water partition coefficient (Wildman–Crippen LogP) is 0.593. The molecular weight excluding hydrogens is 172 g/mol. The van der Waals surface area contributed by atoms with Gasteiger partial charge in [0.1, 0.15) is 0 Å². The van der Waals surface area contributed by atoms with Crippen molar-refractivity contribution in [3.63, 3.8) is 0 Å². The van der Waals surface area contributed by atoms with Gasteiger partial charge in [0.15, 0.2) is 0 Å². The highest BCUT2D eigenvalue weighted by Gasteiger charge is 2.01. The molecular formula is C8H18N2OS. The normalized spacial score (nSPS) is 10.3. The van der Waals surface area contributed by atoms with Crippen molar-refractivity contribution in [2.75, 3.05) is 18.1 Å². The maximum atomic E-state index is 11.1. The van der Waals surface area contributed by atoms with E-state index in [2.05, 4.69) is 5.32 Å². The fraction of sp³-hybridized carbons (Fsp3) is 0.875. The smallest absolute Gasteiger partial charge is 0.230 e. The molecule has 1 amide bonds. The van der Waals surface area contributed by atoms with E-state index in [1.165, 1.54) is 0 Å². The van der Waals surface area contributed by atoms with Crippen LogP contribution in [0.15, 0.2) is 0 Å². The summed E-state index contributed by atoms with van der Waals surface area (Å²) in [6, 6.07) is 0.243. The van der Waals surface area contributed by atoms with E-state index in [0.29, 0.717) is 12.3 Å². The highest BCUT2D eigenvalue weighted by molar-refractivity contribution is 7.99. The third-order valence-corrected chi connectivity index (χ3v) is 2.22. The molecule has 0 saturated carbocycles. The average Bonchev–Trinajstić information content (AvgIpc) is 1.97. The number of thioether (sulfide) groups is 1. The van der Waals surface area contributed by atoms with Crippen LogP contribution in [0.2, 0.25) is 0 Å². The first-order valence-electron chi connectivity index (χ1n) is 4.24. The van der Waals surface area contributed by atoms with E-state index in [1.54, 1.807) is 11.8 Å². The SMILES string of the molecule is CC(C)NC(=O)CSCCCN. The minimum Gasteiger partial charge on any atom is -0.353 e. The van der Waals surface area contributed by atoms with Gasteiger partial charge in [-0.1, -0.05) is 0 Å². The second-order valence-corrected chi connectivity index (χ2v) is 4.02. The third-order valence-electron chi connectivity index (χ3n) is 1.18. The lowest BCUT2D eigenvalue weighted by Crippen LogP contribution is -2.31. The standard InChI is InChI=1S/C8H18N2OS/c1-7(2)10-8(11)6-12-5-3-4-9/h7H,3-6,9H2,1-2H3,(H,10,11). The molecule has 0 saturated heterocycles. The van der Waals surface area contributed by atoms with Crippen molar-refractivity contribution in [1.82, 2.24) is 5.32 Å². The largest absolute Gasteiger partial charge is 0.353 e. The maximum absolute atomic E-state index is 11.1. The van der Waals surface area contributed by atoms with Gasteiger partial charge in [0.05, 0.1) is 5.75 Å².